The molecule has 6 nitrogen and oxygen atoms in total. The Hall–Kier alpha value is -0.850. The number of nitrogens with zero attached hydrogens (tertiary/aromatic N) is 2. The van der Waals surface area contributed by atoms with E-state index in [2.05, 4.69) is 55.1 Å². The first-order valence-electron chi connectivity index (χ1n) is 9.99. The smallest absolute Gasteiger partial charge is 0.191 e. The summed E-state index contributed by atoms with van der Waals surface area (Å²) in [4.78, 5) is 7.12. The average molecular weight is 357 g/mol. The zero-order valence-electron chi connectivity index (χ0n) is 17.0. The van der Waals surface area contributed by atoms with Crippen LogP contribution in [0.4, 0.5) is 0 Å². The molecule has 25 heavy (non-hydrogen) atoms. The minimum Gasteiger partial charge on any atom is -0.381 e. The molecule has 0 aliphatic carbocycles. The maximum atomic E-state index is 5.78. The van der Waals surface area contributed by atoms with Crippen molar-refractivity contribution in [2.75, 3.05) is 52.5 Å². The first-order valence-corrected chi connectivity index (χ1v) is 9.99. The lowest BCUT2D eigenvalue weighted by Crippen LogP contribution is -2.46. The second kappa shape index (κ2) is 13.4. The van der Waals surface area contributed by atoms with Gasteiger partial charge in [-0.2, -0.15) is 0 Å². The number of ether oxygens (including phenoxy) is 2. The fraction of sp³-hybridized carbons (Fsp3) is 0.947. The van der Waals surface area contributed by atoms with Crippen LogP contribution in [0.2, 0.25) is 0 Å². The first-order chi connectivity index (χ1) is 12.0. The van der Waals surface area contributed by atoms with Gasteiger partial charge >= 0.3 is 0 Å². The van der Waals surface area contributed by atoms with Crippen LogP contribution in [0.5, 0.6) is 0 Å². The maximum absolute atomic E-state index is 5.78. The molecule has 0 saturated carbocycles. The number of hydrogen-bond donors (Lipinski definition) is 2. The van der Waals surface area contributed by atoms with Gasteiger partial charge in [-0.05, 0) is 39.5 Å². The lowest BCUT2D eigenvalue weighted by molar-refractivity contribution is -0.0679. The van der Waals surface area contributed by atoms with Crippen LogP contribution >= 0.6 is 0 Å². The van der Waals surface area contributed by atoms with E-state index in [0.29, 0.717) is 18.1 Å². The number of nitrogens with one attached hydrogen (secondary N) is 2. The molecule has 0 aromatic rings. The highest BCUT2D eigenvalue weighted by Gasteiger charge is 2.21. The molecule has 1 saturated heterocycles. The Kier molecular flexibility index (Phi) is 11.9. The molecule has 1 heterocycles. The largest absolute Gasteiger partial charge is 0.381 e. The van der Waals surface area contributed by atoms with Gasteiger partial charge in [0.15, 0.2) is 5.96 Å². The summed E-state index contributed by atoms with van der Waals surface area (Å²) >= 11 is 0. The summed E-state index contributed by atoms with van der Waals surface area (Å²) < 4.78 is 11.4. The molecule has 1 aliphatic rings. The lowest BCUT2D eigenvalue weighted by atomic mass is 10.2. The molecule has 0 radical (unpaired) electrons. The van der Waals surface area contributed by atoms with Gasteiger partial charge in [-0.25, -0.2) is 0 Å². The highest BCUT2D eigenvalue weighted by Crippen LogP contribution is 2.10. The van der Waals surface area contributed by atoms with Crippen LogP contribution in [0.25, 0.3) is 0 Å². The molecule has 2 unspecified atom stereocenters. The van der Waals surface area contributed by atoms with E-state index in [4.69, 9.17) is 9.47 Å². The Labute approximate surface area is 154 Å². The molecular formula is C19H40N4O2. The molecular weight excluding hydrogens is 316 g/mol. The Bertz CT molecular complexity index is 353. The lowest BCUT2D eigenvalue weighted by Gasteiger charge is -2.35. The van der Waals surface area contributed by atoms with Gasteiger partial charge < -0.3 is 20.1 Å². The maximum Gasteiger partial charge on any atom is 0.191 e. The van der Waals surface area contributed by atoms with Crippen LogP contribution in [0.1, 0.15) is 47.5 Å². The Morgan fingerprint density at radius 3 is 2.56 bits per heavy atom. The van der Waals surface area contributed by atoms with E-state index in [9.17, 15) is 0 Å². The summed E-state index contributed by atoms with van der Waals surface area (Å²) in [5.74, 6) is 1.51. The van der Waals surface area contributed by atoms with Crippen molar-refractivity contribution in [1.82, 2.24) is 15.5 Å². The number of hydrogen-bond acceptors (Lipinski definition) is 4. The van der Waals surface area contributed by atoms with Crippen molar-refractivity contribution >= 4 is 5.96 Å². The number of guanidine groups is 1. The molecule has 6 heteroatoms. The monoisotopic (exact) mass is 356 g/mol. The van der Waals surface area contributed by atoms with Crippen LogP contribution < -0.4 is 10.6 Å². The van der Waals surface area contributed by atoms with Crippen molar-refractivity contribution in [2.45, 2.75) is 59.7 Å². The fourth-order valence-electron chi connectivity index (χ4n) is 2.99. The zero-order chi connectivity index (χ0) is 18.5. The Morgan fingerprint density at radius 2 is 1.92 bits per heavy atom. The van der Waals surface area contributed by atoms with E-state index in [0.717, 1.165) is 71.3 Å². The van der Waals surface area contributed by atoms with E-state index in [1.807, 2.05) is 0 Å². The SMILES string of the molecule is CCNC(=NCCCOCC(C)C)NCCCN1CC(C)OC(C)C1. The Balaban J connectivity index is 2.15. The molecule has 1 rings (SSSR count). The summed E-state index contributed by atoms with van der Waals surface area (Å²) in [6, 6.07) is 0. The second-order valence-electron chi connectivity index (χ2n) is 7.38. The average Bonchev–Trinajstić information content (AvgIpc) is 2.53. The highest BCUT2D eigenvalue weighted by atomic mass is 16.5. The minimum absolute atomic E-state index is 0.341. The van der Waals surface area contributed by atoms with Crippen molar-refractivity contribution in [1.29, 1.82) is 0 Å². The summed E-state index contributed by atoms with van der Waals surface area (Å²) in [5, 5.41) is 6.74. The fourth-order valence-corrected chi connectivity index (χ4v) is 2.99. The van der Waals surface area contributed by atoms with Gasteiger partial charge in [0.1, 0.15) is 0 Å². The van der Waals surface area contributed by atoms with E-state index < -0.39 is 0 Å². The van der Waals surface area contributed by atoms with Gasteiger partial charge in [0.05, 0.1) is 12.2 Å². The van der Waals surface area contributed by atoms with Gasteiger partial charge in [0.2, 0.25) is 0 Å². The number of aliphatic imine (C=N–C) groups is 1. The van der Waals surface area contributed by atoms with Gasteiger partial charge in [0, 0.05) is 52.5 Å². The van der Waals surface area contributed by atoms with Gasteiger partial charge in [-0.3, -0.25) is 9.89 Å². The molecule has 0 aromatic carbocycles. The van der Waals surface area contributed by atoms with E-state index in [-0.39, 0.29) is 0 Å². The number of rotatable bonds is 11. The first kappa shape index (κ1) is 22.2. The minimum atomic E-state index is 0.341. The molecule has 2 atom stereocenters. The van der Waals surface area contributed by atoms with Crippen molar-refractivity contribution in [3.8, 4) is 0 Å². The van der Waals surface area contributed by atoms with E-state index in [1.165, 1.54) is 0 Å². The van der Waals surface area contributed by atoms with Gasteiger partial charge in [0.25, 0.3) is 0 Å². The van der Waals surface area contributed by atoms with Crippen LogP contribution in [-0.4, -0.2) is 75.5 Å². The summed E-state index contributed by atoms with van der Waals surface area (Å²) in [6.07, 6.45) is 2.76. The predicted octanol–water partition coefficient (Wildman–Crippen LogP) is 2.10. The third-order valence-corrected chi connectivity index (χ3v) is 3.95. The molecule has 1 aliphatic heterocycles. The molecule has 0 spiro atoms. The van der Waals surface area contributed by atoms with Gasteiger partial charge in [-0.15, -0.1) is 0 Å². The summed E-state index contributed by atoms with van der Waals surface area (Å²) in [7, 11) is 0. The second-order valence-corrected chi connectivity index (χ2v) is 7.38. The molecule has 148 valence electrons. The molecule has 0 aromatic heterocycles. The quantitative estimate of drug-likeness (QED) is 0.337. The van der Waals surface area contributed by atoms with Crippen molar-refractivity contribution in [3.63, 3.8) is 0 Å². The van der Waals surface area contributed by atoms with Crippen LogP contribution in [0.15, 0.2) is 4.99 Å². The van der Waals surface area contributed by atoms with Crippen molar-refractivity contribution in [2.24, 2.45) is 10.9 Å². The van der Waals surface area contributed by atoms with Crippen molar-refractivity contribution in [3.05, 3.63) is 0 Å². The molecule has 0 amide bonds. The van der Waals surface area contributed by atoms with Crippen LogP contribution in [0, 0.1) is 5.92 Å². The third-order valence-electron chi connectivity index (χ3n) is 3.95. The third kappa shape index (κ3) is 11.4. The van der Waals surface area contributed by atoms with Gasteiger partial charge in [-0.1, -0.05) is 13.8 Å². The summed E-state index contributed by atoms with van der Waals surface area (Å²) in [6.45, 7) is 18.2. The highest BCUT2D eigenvalue weighted by molar-refractivity contribution is 5.79. The van der Waals surface area contributed by atoms with Crippen LogP contribution in [-0.2, 0) is 9.47 Å². The summed E-state index contributed by atoms with van der Waals surface area (Å²) in [5.41, 5.74) is 0. The zero-order valence-corrected chi connectivity index (χ0v) is 17.0. The molecule has 1 fully saturated rings. The standard InChI is InChI=1S/C19H40N4O2/c1-6-20-19(22-10-8-12-24-15-16(2)3)21-9-7-11-23-13-17(4)25-18(5)14-23/h16-18H,6-15H2,1-5H3,(H2,20,21,22). The molecule has 0 bridgehead atoms. The van der Waals surface area contributed by atoms with Crippen molar-refractivity contribution < 1.29 is 9.47 Å². The molecule has 2 N–H and O–H groups in total. The predicted molar refractivity (Wildman–Crippen MR) is 105 cm³/mol. The number of morpholine rings is 1. The Morgan fingerprint density at radius 1 is 1.20 bits per heavy atom. The topological polar surface area (TPSA) is 58.1 Å². The van der Waals surface area contributed by atoms with Crippen LogP contribution in [0.3, 0.4) is 0 Å². The van der Waals surface area contributed by atoms with E-state index >= 15 is 0 Å². The normalized spacial score (nSPS) is 22.4. The van der Waals surface area contributed by atoms with E-state index in [1.54, 1.807) is 0 Å².